The molecule has 40 heavy (non-hydrogen) atoms. The fourth-order valence-electron chi connectivity index (χ4n) is 4.59. The molecule has 5 rings (SSSR count). The second-order valence-corrected chi connectivity index (χ2v) is 10.8. The summed E-state index contributed by atoms with van der Waals surface area (Å²) in [5, 5.41) is 1.80. The van der Waals surface area contributed by atoms with Crippen molar-refractivity contribution in [1.82, 2.24) is 9.47 Å². The van der Waals surface area contributed by atoms with E-state index >= 15 is 0 Å². The molecule has 1 amide bonds. The lowest BCUT2D eigenvalue weighted by Gasteiger charge is -2.19. The number of methoxy groups -OCH3 is 1. The molecule has 0 saturated carbocycles. The van der Waals surface area contributed by atoms with Gasteiger partial charge in [-0.15, -0.1) is 0 Å². The van der Waals surface area contributed by atoms with Crippen LogP contribution in [0.3, 0.4) is 0 Å². The molecular formula is C30H25BrClN3O4S. The topological polar surface area (TPSA) is 64.0 Å². The largest absolute Gasteiger partial charge is 0.494 e. The van der Waals surface area contributed by atoms with Gasteiger partial charge in [0, 0.05) is 38.7 Å². The number of anilines is 1. The molecule has 3 aromatic carbocycles. The third-order valence-electron chi connectivity index (χ3n) is 6.49. The molecule has 1 aliphatic rings. The van der Waals surface area contributed by atoms with E-state index in [-0.39, 0.29) is 23.3 Å². The van der Waals surface area contributed by atoms with Gasteiger partial charge in [-0.25, -0.2) is 0 Å². The molecular weight excluding hydrogens is 614 g/mol. The van der Waals surface area contributed by atoms with Crippen LogP contribution >= 0.6 is 39.7 Å². The first-order valence-electron chi connectivity index (χ1n) is 12.5. The third-order valence-corrected chi connectivity index (χ3v) is 7.64. The quantitative estimate of drug-likeness (QED) is 0.122. The lowest BCUT2D eigenvalue weighted by molar-refractivity contribution is -0.140. The van der Waals surface area contributed by atoms with Gasteiger partial charge in [0.25, 0.3) is 5.91 Å². The summed E-state index contributed by atoms with van der Waals surface area (Å²) in [5.41, 5.74) is 3.72. The Morgan fingerprint density at radius 1 is 1.07 bits per heavy atom. The molecule has 0 bridgehead atoms. The molecule has 0 N–H and O–H groups in total. The number of amides is 1. The van der Waals surface area contributed by atoms with E-state index in [2.05, 4.69) is 20.5 Å². The predicted octanol–water partition coefficient (Wildman–Crippen LogP) is 6.65. The Morgan fingerprint density at radius 2 is 1.80 bits per heavy atom. The number of rotatable bonds is 8. The Hall–Kier alpha value is -3.66. The summed E-state index contributed by atoms with van der Waals surface area (Å²) < 4.78 is 13.5. The zero-order valence-corrected chi connectivity index (χ0v) is 24.9. The van der Waals surface area contributed by atoms with Gasteiger partial charge in [0.1, 0.15) is 18.0 Å². The Bertz CT molecular complexity index is 1630. The van der Waals surface area contributed by atoms with Crippen molar-refractivity contribution in [1.29, 1.82) is 0 Å². The summed E-state index contributed by atoms with van der Waals surface area (Å²) >= 11 is 15.4. The first-order chi connectivity index (χ1) is 19.3. The maximum Gasteiger partial charge on any atom is 0.325 e. The molecule has 2 heterocycles. The van der Waals surface area contributed by atoms with E-state index in [4.69, 9.17) is 33.3 Å². The van der Waals surface area contributed by atoms with Gasteiger partial charge < -0.3 is 18.9 Å². The highest BCUT2D eigenvalue weighted by molar-refractivity contribution is 9.10. The van der Waals surface area contributed by atoms with Crippen LogP contribution in [-0.2, 0) is 20.9 Å². The fourth-order valence-corrected chi connectivity index (χ4v) is 5.43. The predicted molar refractivity (Wildman–Crippen MR) is 165 cm³/mol. The Kier molecular flexibility index (Phi) is 8.25. The van der Waals surface area contributed by atoms with Crippen molar-refractivity contribution in [3.8, 4) is 5.75 Å². The summed E-state index contributed by atoms with van der Waals surface area (Å²) in [7, 11) is 1.30. The molecule has 0 radical (unpaired) electrons. The first-order valence-corrected chi connectivity index (χ1v) is 14.1. The third kappa shape index (κ3) is 5.63. The molecule has 0 atom stereocenters. The number of nitrogens with zero attached hydrogens (tertiary/aromatic N) is 3. The van der Waals surface area contributed by atoms with E-state index in [0.29, 0.717) is 29.6 Å². The minimum Gasteiger partial charge on any atom is -0.494 e. The summed E-state index contributed by atoms with van der Waals surface area (Å²) in [4.78, 5) is 29.1. The highest BCUT2D eigenvalue weighted by Crippen LogP contribution is 2.33. The molecule has 1 aromatic heterocycles. The summed E-state index contributed by atoms with van der Waals surface area (Å²) in [6.45, 7) is 2.84. The summed E-state index contributed by atoms with van der Waals surface area (Å²) in [6, 6.07) is 20.8. The van der Waals surface area contributed by atoms with E-state index < -0.39 is 5.97 Å². The molecule has 7 nitrogen and oxygen atoms in total. The zero-order chi connectivity index (χ0) is 28.4. The van der Waals surface area contributed by atoms with Gasteiger partial charge in [0.05, 0.1) is 19.4 Å². The maximum absolute atomic E-state index is 13.9. The standard InChI is InChI=1S/C30H25BrClN3O4S/c1-3-39-24-11-9-23(10-12-24)35-29(37)27(34(30(35)40)18-28(36)38-2)14-20-17-33(16-19-4-7-22(32)8-5-19)26-13-6-21(31)15-25(20)26/h4-15,17H,3,16,18H2,1-2H3/b27-14-. The van der Waals surface area contributed by atoms with Crippen molar-refractivity contribution < 1.29 is 19.1 Å². The highest BCUT2D eigenvalue weighted by atomic mass is 79.9. The van der Waals surface area contributed by atoms with Gasteiger partial charge in [0.2, 0.25) is 0 Å². The van der Waals surface area contributed by atoms with Gasteiger partial charge in [-0.3, -0.25) is 14.5 Å². The molecule has 1 fully saturated rings. The number of fused-ring (bicyclic) bond motifs is 1. The number of hydrogen-bond acceptors (Lipinski definition) is 5. The number of ether oxygens (including phenoxy) is 2. The average Bonchev–Trinajstić information content (AvgIpc) is 3.39. The van der Waals surface area contributed by atoms with Gasteiger partial charge in [-0.1, -0.05) is 39.7 Å². The molecule has 1 saturated heterocycles. The van der Waals surface area contributed by atoms with Crippen LogP contribution in [-0.4, -0.2) is 46.7 Å². The summed E-state index contributed by atoms with van der Waals surface area (Å²) in [5.74, 6) is -0.167. The second-order valence-electron chi connectivity index (χ2n) is 9.04. The second kappa shape index (κ2) is 11.8. The molecule has 10 heteroatoms. The zero-order valence-electron chi connectivity index (χ0n) is 21.8. The van der Waals surface area contributed by atoms with Crippen molar-refractivity contribution in [2.24, 2.45) is 0 Å². The van der Waals surface area contributed by atoms with Crippen LogP contribution in [0, 0.1) is 0 Å². The molecule has 4 aromatic rings. The molecule has 0 unspecified atom stereocenters. The van der Waals surface area contributed by atoms with Crippen LogP contribution in [0.25, 0.3) is 17.0 Å². The Balaban J connectivity index is 1.59. The number of hydrogen-bond donors (Lipinski definition) is 0. The lowest BCUT2D eigenvalue weighted by atomic mass is 10.1. The average molecular weight is 639 g/mol. The van der Waals surface area contributed by atoms with Crippen LogP contribution in [0.1, 0.15) is 18.1 Å². The van der Waals surface area contributed by atoms with Crippen molar-refractivity contribution in [2.45, 2.75) is 13.5 Å². The van der Waals surface area contributed by atoms with Crippen molar-refractivity contribution in [3.05, 3.63) is 99.2 Å². The maximum atomic E-state index is 13.9. The minimum absolute atomic E-state index is 0.192. The number of halogens is 2. The smallest absolute Gasteiger partial charge is 0.325 e. The normalized spacial score (nSPS) is 14.4. The molecule has 0 aliphatic carbocycles. The molecule has 204 valence electrons. The van der Waals surface area contributed by atoms with Crippen LogP contribution in [0.2, 0.25) is 5.02 Å². The van der Waals surface area contributed by atoms with E-state index in [1.165, 1.54) is 16.9 Å². The number of aromatic nitrogens is 1. The van der Waals surface area contributed by atoms with Crippen LogP contribution < -0.4 is 9.64 Å². The van der Waals surface area contributed by atoms with Crippen molar-refractivity contribution >= 4 is 79.4 Å². The van der Waals surface area contributed by atoms with Gasteiger partial charge >= 0.3 is 5.97 Å². The number of carbonyl (C=O) groups excluding carboxylic acids is 2. The molecule has 1 aliphatic heterocycles. The Morgan fingerprint density at radius 3 is 2.48 bits per heavy atom. The Labute approximate surface area is 250 Å². The van der Waals surface area contributed by atoms with E-state index in [9.17, 15) is 9.59 Å². The minimum atomic E-state index is -0.512. The monoisotopic (exact) mass is 637 g/mol. The van der Waals surface area contributed by atoms with Gasteiger partial charge in [-0.2, -0.15) is 0 Å². The number of esters is 1. The van der Waals surface area contributed by atoms with Crippen molar-refractivity contribution in [2.75, 3.05) is 25.2 Å². The SMILES string of the molecule is CCOc1ccc(N2C(=O)/C(=C/c3cn(Cc4ccc(Cl)cc4)c4ccc(Br)cc34)N(CC(=O)OC)C2=S)cc1. The fraction of sp³-hybridized carbons (Fsp3) is 0.167. The van der Waals surface area contributed by atoms with E-state index in [0.717, 1.165) is 26.5 Å². The van der Waals surface area contributed by atoms with Crippen LogP contribution in [0.15, 0.2) is 83.1 Å². The number of carbonyl (C=O) groups is 2. The molecule has 0 spiro atoms. The van der Waals surface area contributed by atoms with Crippen LogP contribution in [0.5, 0.6) is 5.75 Å². The van der Waals surface area contributed by atoms with Crippen LogP contribution in [0.4, 0.5) is 5.69 Å². The number of thiocarbonyl (C=S) groups is 1. The van der Waals surface area contributed by atoms with Crippen molar-refractivity contribution in [3.63, 3.8) is 0 Å². The summed E-state index contributed by atoms with van der Waals surface area (Å²) in [6.07, 6.45) is 3.77. The van der Waals surface area contributed by atoms with Gasteiger partial charge in [-0.05, 0) is 85.4 Å². The van der Waals surface area contributed by atoms with E-state index in [1.807, 2.05) is 55.6 Å². The lowest BCUT2D eigenvalue weighted by Crippen LogP contribution is -2.35. The first kappa shape index (κ1) is 27.9. The number of benzene rings is 3. The van der Waals surface area contributed by atoms with E-state index in [1.54, 1.807) is 30.3 Å². The van der Waals surface area contributed by atoms with Gasteiger partial charge in [0.15, 0.2) is 5.11 Å². The highest BCUT2D eigenvalue weighted by Gasteiger charge is 2.40.